The van der Waals surface area contributed by atoms with Gasteiger partial charge in [-0.15, -0.1) is 22.7 Å². The van der Waals surface area contributed by atoms with Crippen LogP contribution in [0.25, 0.3) is 10.6 Å². The SMILES string of the molecule is CC(CN)CCc1nc(-c2cc(Br)cs2)cs1. The number of halogens is 1. The topological polar surface area (TPSA) is 38.9 Å². The molecule has 0 bridgehead atoms. The monoisotopic (exact) mass is 330 g/mol. The number of thiazole rings is 1. The average molecular weight is 331 g/mol. The van der Waals surface area contributed by atoms with Crippen LogP contribution in [0.5, 0.6) is 0 Å². The van der Waals surface area contributed by atoms with Crippen molar-refractivity contribution in [2.75, 3.05) is 6.54 Å². The Bertz CT molecular complexity index is 478. The number of aryl methyl sites for hydroxylation is 1. The molecule has 0 aliphatic carbocycles. The highest BCUT2D eigenvalue weighted by Gasteiger charge is 2.08. The summed E-state index contributed by atoms with van der Waals surface area (Å²) in [6.07, 6.45) is 2.16. The maximum atomic E-state index is 5.61. The maximum absolute atomic E-state index is 5.61. The Hall–Kier alpha value is -0.230. The summed E-state index contributed by atoms with van der Waals surface area (Å²) in [5.41, 5.74) is 6.71. The molecule has 1 unspecified atom stereocenters. The minimum Gasteiger partial charge on any atom is -0.330 e. The van der Waals surface area contributed by atoms with Crippen molar-refractivity contribution >= 4 is 38.6 Å². The Morgan fingerprint density at radius 1 is 1.41 bits per heavy atom. The standard InChI is InChI=1S/C12H15BrN2S2/c1-8(5-14)2-3-12-15-10(7-17-12)11-4-9(13)6-16-11/h4,6-8H,2-3,5,14H2,1H3. The van der Waals surface area contributed by atoms with Crippen molar-refractivity contribution in [3.8, 4) is 10.6 Å². The molecule has 0 aromatic carbocycles. The number of hydrogen-bond donors (Lipinski definition) is 1. The van der Waals surface area contributed by atoms with E-state index in [1.165, 1.54) is 9.88 Å². The van der Waals surface area contributed by atoms with Crippen molar-refractivity contribution in [3.63, 3.8) is 0 Å². The Morgan fingerprint density at radius 2 is 2.24 bits per heavy atom. The third-order valence-electron chi connectivity index (χ3n) is 2.63. The fourth-order valence-electron chi connectivity index (χ4n) is 1.47. The Morgan fingerprint density at radius 3 is 2.88 bits per heavy atom. The van der Waals surface area contributed by atoms with Crippen LogP contribution in [0.4, 0.5) is 0 Å². The second-order valence-corrected chi connectivity index (χ2v) is 6.90. The van der Waals surface area contributed by atoms with Crippen LogP contribution in [0.3, 0.4) is 0 Å². The summed E-state index contributed by atoms with van der Waals surface area (Å²) >= 11 is 6.94. The zero-order valence-electron chi connectivity index (χ0n) is 9.65. The highest BCUT2D eigenvalue weighted by atomic mass is 79.9. The lowest BCUT2D eigenvalue weighted by Gasteiger charge is -2.04. The Kier molecular flexibility index (Phi) is 4.73. The fraction of sp³-hybridized carbons (Fsp3) is 0.417. The average Bonchev–Trinajstić information content (AvgIpc) is 2.94. The van der Waals surface area contributed by atoms with Crippen LogP contribution in [0, 0.1) is 5.92 Å². The van der Waals surface area contributed by atoms with Gasteiger partial charge in [0.1, 0.15) is 0 Å². The number of nitrogens with two attached hydrogens (primary N) is 1. The summed E-state index contributed by atoms with van der Waals surface area (Å²) < 4.78 is 1.13. The summed E-state index contributed by atoms with van der Waals surface area (Å²) in [6, 6.07) is 2.12. The lowest BCUT2D eigenvalue weighted by molar-refractivity contribution is 0.544. The van der Waals surface area contributed by atoms with Gasteiger partial charge in [0.25, 0.3) is 0 Å². The molecule has 2 heterocycles. The molecule has 2 nitrogen and oxygen atoms in total. The molecular weight excluding hydrogens is 316 g/mol. The van der Waals surface area contributed by atoms with E-state index in [4.69, 9.17) is 5.73 Å². The molecule has 17 heavy (non-hydrogen) atoms. The lowest BCUT2D eigenvalue weighted by Crippen LogP contribution is -2.11. The molecule has 2 aromatic rings. The number of aromatic nitrogens is 1. The number of thiophene rings is 1. The van der Waals surface area contributed by atoms with E-state index in [1.54, 1.807) is 22.7 Å². The summed E-state index contributed by atoms with van der Waals surface area (Å²) in [5, 5.41) is 5.44. The molecule has 0 fully saturated rings. The highest BCUT2D eigenvalue weighted by molar-refractivity contribution is 9.10. The number of rotatable bonds is 5. The molecular formula is C12H15BrN2S2. The molecule has 2 N–H and O–H groups in total. The van der Waals surface area contributed by atoms with E-state index in [9.17, 15) is 0 Å². The molecule has 0 radical (unpaired) electrons. The van der Waals surface area contributed by atoms with Crippen molar-refractivity contribution in [1.29, 1.82) is 0 Å². The van der Waals surface area contributed by atoms with Crippen molar-refractivity contribution in [1.82, 2.24) is 4.98 Å². The first-order chi connectivity index (χ1) is 8.19. The first-order valence-corrected chi connectivity index (χ1v) is 8.13. The van der Waals surface area contributed by atoms with Crippen LogP contribution in [0.2, 0.25) is 0 Å². The zero-order valence-corrected chi connectivity index (χ0v) is 12.9. The van der Waals surface area contributed by atoms with E-state index in [-0.39, 0.29) is 0 Å². The maximum Gasteiger partial charge on any atom is 0.0933 e. The van der Waals surface area contributed by atoms with Crippen molar-refractivity contribution in [3.05, 3.63) is 26.3 Å². The molecule has 0 amide bonds. The van der Waals surface area contributed by atoms with Gasteiger partial charge in [-0.25, -0.2) is 4.98 Å². The lowest BCUT2D eigenvalue weighted by atomic mass is 10.1. The number of nitrogens with zero attached hydrogens (tertiary/aromatic N) is 1. The van der Waals surface area contributed by atoms with Gasteiger partial charge >= 0.3 is 0 Å². The molecule has 1 atom stereocenters. The summed E-state index contributed by atoms with van der Waals surface area (Å²) in [5.74, 6) is 0.582. The third-order valence-corrected chi connectivity index (χ3v) is 5.25. The fourth-order valence-corrected chi connectivity index (χ4v) is 3.75. The minimum absolute atomic E-state index is 0.582. The summed E-state index contributed by atoms with van der Waals surface area (Å²) in [4.78, 5) is 5.90. The zero-order chi connectivity index (χ0) is 12.3. The van der Waals surface area contributed by atoms with Crippen molar-refractivity contribution in [2.24, 2.45) is 11.7 Å². The second-order valence-electron chi connectivity index (χ2n) is 4.14. The molecule has 0 saturated heterocycles. The number of hydrogen-bond acceptors (Lipinski definition) is 4. The molecule has 0 saturated carbocycles. The van der Waals surface area contributed by atoms with Crippen LogP contribution >= 0.6 is 38.6 Å². The van der Waals surface area contributed by atoms with Gasteiger partial charge in [0.05, 0.1) is 15.6 Å². The van der Waals surface area contributed by atoms with E-state index < -0.39 is 0 Å². The molecule has 0 spiro atoms. The van der Waals surface area contributed by atoms with Crippen LogP contribution < -0.4 is 5.73 Å². The van der Waals surface area contributed by atoms with Gasteiger partial charge in [0, 0.05) is 15.2 Å². The molecule has 2 aromatic heterocycles. The normalized spacial score (nSPS) is 12.9. The van der Waals surface area contributed by atoms with Crippen molar-refractivity contribution in [2.45, 2.75) is 19.8 Å². The second kappa shape index (κ2) is 6.09. The Labute approximate surface area is 118 Å². The van der Waals surface area contributed by atoms with E-state index in [0.29, 0.717) is 5.92 Å². The van der Waals surface area contributed by atoms with Gasteiger partial charge in [0.15, 0.2) is 0 Å². The van der Waals surface area contributed by atoms with Gasteiger partial charge in [-0.3, -0.25) is 0 Å². The van der Waals surface area contributed by atoms with E-state index >= 15 is 0 Å². The molecule has 0 aliphatic rings. The predicted molar refractivity (Wildman–Crippen MR) is 79.7 cm³/mol. The Balaban J connectivity index is 2.01. The molecule has 0 aliphatic heterocycles. The molecule has 2 rings (SSSR count). The van der Waals surface area contributed by atoms with Crippen LogP contribution in [0.1, 0.15) is 18.4 Å². The minimum atomic E-state index is 0.582. The quantitative estimate of drug-likeness (QED) is 0.893. The predicted octanol–water partition coefficient (Wildman–Crippen LogP) is 4.16. The van der Waals surface area contributed by atoms with Gasteiger partial charge in [-0.1, -0.05) is 6.92 Å². The van der Waals surface area contributed by atoms with E-state index in [2.05, 4.69) is 44.7 Å². The molecule has 92 valence electrons. The highest BCUT2D eigenvalue weighted by Crippen LogP contribution is 2.30. The van der Waals surface area contributed by atoms with Crippen LogP contribution in [-0.4, -0.2) is 11.5 Å². The smallest absolute Gasteiger partial charge is 0.0933 e. The van der Waals surface area contributed by atoms with Gasteiger partial charge in [-0.2, -0.15) is 0 Å². The third kappa shape index (κ3) is 3.61. The summed E-state index contributed by atoms with van der Waals surface area (Å²) in [7, 11) is 0. The first-order valence-electron chi connectivity index (χ1n) is 5.58. The van der Waals surface area contributed by atoms with Gasteiger partial charge in [-0.05, 0) is 47.3 Å². The van der Waals surface area contributed by atoms with E-state index in [1.807, 2.05) is 0 Å². The van der Waals surface area contributed by atoms with E-state index in [0.717, 1.165) is 29.6 Å². The van der Waals surface area contributed by atoms with Gasteiger partial charge < -0.3 is 5.73 Å². The van der Waals surface area contributed by atoms with Crippen molar-refractivity contribution < 1.29 is 0 Å². The van der Waals surface area contributed by atoms with Crippen LogP contribution in [0.15, 0.2) is 21.3 Å². The first kappa shape index (κ1) is 13.2. The van der Waals surface area contributed by atoms with Gasteiger partial charge in [0.2, 0.25) is 0 Å². The summed E-state index contributed by atoms with van der Waals surface area (Å²) in [6.45, 7) is 2.95. The van der Waals surface area contributed by atoms with Crippen LogP contribution in [-0.2, 0) is 6.42 Å². The molecule has 5 heteroatoms. The largest absolute Gasteiger partial charge is 0.330 e.